The zero-order chi connectivity index (χ0) is 36.1. The summed E-state index contributed by atoms with van der Waals surface area (Å²) in [7, 11) is 0. The van der Waals surface area contributed by atoms with Gasteiger partial charge in [-0.3, -0.25) is 24.0 Å². The highest BCUT2D eigenvalue weighted by Gasteiger charge is 2.35. The van der Waals surface area contributed by atoms with Gasteiger partial charge in [0.1, 0.15) is 17.7 Å². The molecule has 264 valence electrons. The van der Waals surface area contributed by atoms with Crippen LogP contribution in [-0.2, 0) is 35.3 Å². The summed E-state index contributed by atoms with van der Waals surface area (Å²) in [6.45, 7) is 15.5. The Bertz CT molecular complexity index is 1220. The number of carbonyl (C=O) groups is 6. The molecule has 14 heteroatoms. The van der Waals surface area contributed by atoms with E-state index in [2.05, 4.69) is 26.6 Å². The standard InChI is InChI=1S/C33H54N6O8/c1-18(2)15-23(24(40)16-20(5)28(42)36-21(6)29(43)35-17-22-13-11-10-12-14-22)37-31(45)26(27(34)41)38-30(44)25(19(3)4)39-32(46)47-33(7,8)9/h10-14,18-21,23-26,40H,15-17H2,1-9H3,(H2,34,41)(H,35,43)(H,36,42)(H,37,45)(H,38,44)(H,39,46)/t20?,21-,23-,24?,25-,26?/m0/s1. The van der Waals surface area contributed by atoms with Crippen LogP contribution in [0.25, 0.3) is 0 Å². The predicted molar refractivity (Wildman–Crippen MR) is 176 cm³/mol. The largest absolute Gasteiger partial charge is 0.444 e. The number of amides is 6. The maximum Gasteiger partial charge on any atom is 0.408 e. The molecule has 0 saturated carbocycles. The van der Waals surface area contributed by atoms with E-state index < -0.39 is 77.4 Å². The van der Waals surface area contributed by atoms with E-state index in [9.17, 15) is 33.9 Å². The smallest absolute Gasteiger partial charge is 0.408 e. The number of ether oxygens (including phenoxy) is 1. The molecule has 0 aliphatic rings. The Labute approximate surface area is 277 Å². The van der Waals surface area contributed by atoms with E-state index in [-0.39, 0.29) is 24.7 Å². The molecule has 47 heavy (non-hydrogen) atoms. The van der Waals surface area contributed by atoms with Gasteiger partial charge < -0.3 is 42.2 Å². The van der Waals surface area contributed by atoms with Crippen LogP contribution in [-0.4, -0.2) is 76.6 Å². The molecule has 14 nitrogen and oxygen atoms in total. The molecule has 1 aromatic rings. The fraction of sp³-hybridized carbons (Fsp3) is 0.636. The van der Waals surface area contributed by atoms with Gasteiger partial charge in [0.2, 0.25) is 23.6 Å². The first-order valence-electron chi connectivity index (χ1n) is 15.9. The number of rotatable bonds is 17. The predicted octanol–water partition coefficient (Wildman–Crippen LogP) is 1.24. The van der Waals surface area contributed by atoms with Crippen LogP contribution in [0.5, 0.6) is 0 Å². The van der Waals surface area contributed by atoms with Crippen molar-refractivity contribution in [2.24, 2.45) is 23.5 Å². The van der Waals surface area contributed by atoms with Crippen LogP contribution in [0.3, 0.4) is 0 Å². The van der Waals surface area contributed by atoms with Gasteiger partial charge >= 0.3 is 6.09 Å². The molecule has 8 N–H and O–H groups in total. The minimum atomic E-state index is -1.82. The van der Waals surface area contributed by atoms with E-state index in [4.69, 9.17) is 10.5 Å². The molecule has 0 spiro atoms. The number of nitrogens with two attached hydrogens (primary N) is 1. The molecule has 6 amide bonds. The molecule has 0 aliphatic carbocycles. The second kappa shape index (κ2) is 18.8. The van der Waals surface area contributed by atoms with Crippen molar-refractivity contribution in [1.82, 2.24) is 26.6 Å². The average molecular weight is 663 g/mol. The van der Waals surface area contributed by atoms with Crippen LogP contribution in [0.1, 0.15) is 80.7 Å². The third kappa shape index (κ3) is 15.3. The van der Waals surface area contributed by atoms with E-state index in [1.165, 1.54) is 0 Å². The van der Waals surface area contributed by atoms with Crippen molar-refractivity contribution >= 4 is 35.6 Å². The highest BCUT2D eigenvalue weighted by molar-refractivity contribution is 6.07. The molecule has 0 heterocycles. The molecular formula is C33H54N6O8. The number of alkyl carbamates (subject to hydrolysis) is 1. The number of hydrogen-bond acceptors (Lipinski definition) is 8. The van der Waals surface area contributed by atoms with Crippen molar-refractivity contribution < 1.29 is 38.6 Å². The van der Waals surface area contributed by atoms with E-state index >= 15 is 0 Å². The second-order valence-electron chi connectivity index (χ2n) is 13.6. The average Bonchev–Trinajstić information content (AvgIpc) is 2.95. The van der Waals surface area contributed by atoms with Gasteiger partial charge in [-0.1, -0.05) is 65.0 Å². The van der Waals surface area contributed by atoms with Crippen LogP contribution >= 0.6 is 0 Å². The van der Waals surface area contributed by atoms with Crippen molar-refractivity contribution in [3.8, 4) is 0 Å². The van der Waals surface area contributed by atoms with Crippen LogP contribution in [0, 0.1) is 17.8 Å². The summed E-state index contributed by atoms with van der Waals surface area (Å²) in [5.74, 6) is -5.01. The Morgan fingerprint density at radius 3 is 1.89 bits per heavy atom. The lowest BCUT2D eigenvalue weighted by atomic mass is 9.92. The van der Waals surface area contributed by atoms with E-state index in [0.717, 1.165) is 5.56 Å². The Morgan fingerprint density at radius 1 is 0.787 bits per heavy atom. The van der Waals surface area contributed by atoms with Crippen molar-refractivity contribution in [3.05, 3.63) is 35.9 Å². The van der Waals surface area contributed by atoms with Gasteiger partial charge in [-0.05, 0) is 57.9 Å². The molecule has 0 bridgehead atoms. The minimum absolute atomic E-state index is 0.0163. The van der Waals surface area contributed by atoms with Gasteiger partial charge in [-0.25, -0.2) is 4.79 Å². The molecule has 6 atom stereocenters. The molecule has 0 fully saturated rings. The summed E-state index contributed by atoms with van der Waals surface area (Å²) in [5, 5.41) is 23.8. The third-order valence-corrected chi connectivity index (χ3v) is 7.08. The van der Waals surface area contributed by atoms with Gasteiger partial charge in [0.25, 0.3) is 5.91 Å². The fourth-order valence-corrected chi connectivity index (χ4v) is 4.55. The Morgan fingerprint density at radius 2 is 1.38 bits per heavy atom. The van der Waals surface area contributed by atoms with Crippen molar-refractivity contribution in [2.45, 2.75) is 118 Å². The van der Waals surface area contributed by atoms with E-state index in [0.29, 0.717) is 6.54 Å². The van der Waals surface area contributed by atoms with Crippen molar-refractivity contribution in [3.63, 3.8) is 0 Å². The van der Waals surface area contributed by atoms with Gasteiger partial charge in [-0.15, -0.1) is 0 Å². The molecule has 0 radical (unpaired) electrons. The number of primary amides is 1. The third-order valence-electron chi connectivity index (χ3n) is 7.08. The first kappa shape index (κ1) is 40.8. The summed E-state index contributed by atoms with van der Waals surface area (Å²) in [4.78, 5) is 76.3. The van der Waals surface area contributed by atoms with Crippen molar-refractivity contribution in [1.29, 1.82) is 0 Å². The maximum absolute atomic E-state index is 13.2. The number of benzene rings is 1. The fourth-order valence-electron chi connectivity index (χ4n) is 4.55. The maximum atomic E-state index is 13.2. The highest BCUT2D eigenvalue weighted by atomic mass is 16.6. The molecule has 1 aromatic carbocycles. The Hall–Kier alpha value is -4.20. The lowest BCUT2D eigenvalue weighted by molar-refractivity contribution is -0.137. The van der Waals surface area contributed by atoms with Crippen LogP contribution < -0.4 is 32.3 Å². The Kier molecular flexibility index (Phi) is 16.3. The van der Waals surface area contributed by atoms with E-state index in [1.54, 1.807) is 48.5 Å². The van der Waals surface area contributed by atoms with Crippen LogP contribution in [0.4, 0.5) is 4.79 Å². The van der Waals surface area contributed by atoms with Crippen LogP contribution in [0.2, 0.25) is 0 Å². The molecule has 3 unspecified atom stereocenters. The first-order chi connectivity index (χ1) is 21.7. The summed E-state index contributed by atoms with van der Waals surface area (Å²) < 4.78 is 5.22. The number of hydrogen-bond donors (Lipinski definition) is 7. The summed E-state index contributed by atoms with van der Waals surface area (Å²) in [6, 6.07) is 4.59. The quantitative estimate of drug-likeness (QED) is 0.120. The SMILES string of the molecule is CC(C)C[C@H](NC(=O)C(NC(=O)[C@@H](NC(=O)OC(C)(C)C)C(C)C)C(N)=O)C(O)CC(C)C(=O)N[C@@H](C)C(=O)NCc1ccccc1. The van der Waals surface area contributed by atoms with E-state index in [1.807, 2.05) is 44.2 Å². The molecule has 0 aromatic heterocycles. The number of aliphatic hydroxyl groups excluding tert-OH is 1. The lowest BCUT2D eigenvalue weighted by Gasteiger charge is -2.30. The van der Waals surface area contributed by atoms with Crippen LogP contribution in [0.15, 0.2) is 30.3 Å². The van der Waals surface area contributed by atoms with Gasteiger partial charge in [0.05, 0.1) is 12.1 Å². The normalized spacial score (nSPS) is 15.3. The molecule has 0 aliphatic heterocycles. The summed E-state index contributed by atoms with van der Waals surface area (Å²) >= 11 is 0. The number of aliphatic hydroxyl groups is 1. The molecule has 0 saturated heterocycles. The monoisotopic (exact) mass is 662 g/mol. The minimum Gasteiger partial charge on any atom is -0.444 e. The Balaban J connectivity index is 2.89. The summed E-state index contributed by atoms with van der Waals surface area (Å²) in [5.41, 5.74) is 5.56. The van der Waals surface area contributed by atoms with Crippen molar-refractivity contribution in [2.75, 3.05) is 0 Å². The number of carbonyl (C=O) groups excluding carboxylic acids is 6. The zero-order valence-corrected chi connectivity index (χ0v) is 29.0. The van der Waals surface area contributed by atoms with Gasteiger partial charge in [0, 0.05) is 12.5 Å². The first-order valence-corrected chi connectivity index (χ1v) is 15.9. The lowest BCUT2D eigenvalue weighted by Crippen LogP contribution is -2.61. The van der Waals surface area contributed by atoms with Gasteiger partial charge in [-0.2, -0.15) is 0 Å². The topological polar surface area (TPSA) is 218 Å². The highest BCUT2D eigenvalue weighted by Crippen LogP contribution is 2.16. The molecule has 1 rings (SSSR count). The molecular weight excluding hydrogens is 608 g/mol. The zero-order valence-electron chi connectivity index (χ0n) is 29.0. The second-order valence-corrected chi connectivity index (χ2v) is 13.6. The van der Waals surface area contributed by atoms with Gasteiger partial charge in [0.15, 0.2) is 6.04 Å². The summed E-state index contributed by atoms with van der Waals surface area (Å²) in [6.07, 6.45) is -1.89. The number of nitrogens with one attached hydrogen (secondary N) is 5.